The lowest BCUT2D eigenvalue weighted by molar-refractivity contribution is 0.100. The minimum Gasteiger partial charge on any atom is -0.366 e. The van der Waals surface area contributed by atoms with Crippen molar-refractivity contribution in [2.45, 2.75) is 38.5 Å². The third kappa shape index (κ3) is 3.13. The molecule has 2 aromatic rings. The van der Waals surface area contributed by atoms with Crippen LogP contribution in [-0.2, 0) is 6.42 Å². The average Bonchev–Trinajstić information content (AvgIpc) is 2.83. The van der Waals surface area contributed by atoms with E-state index in [0.29, 0.717) is 5.56 Å². The Labute approximate surface area is 129 Å². The molecule has 5 nitrogen and oxygen atoms in total. The van der Waals surface area contributed by atoms with Gasteiger partial charge in [-0.05, 0) is 43.0 Å². The zero-order chi connectivity index (χ0) is 15.5. The van der Waals surface area contributed by atoms with Gasteiger partial charge in [-0.3, -0.25) is 9.36 Å². The first kappa shape index (κ1) is 14.6. The normalized spacial score (nSPS) is 14.7. The summed E-state index contributed by atoms with van der Waals surface area (Å²) in [6, 6.07) is 6.72. The van der Waals surface area contributed by atoms with E-state index in [1.54, 1.807) is 28.8 Å². The third-order valence-corrected chi connectivity index (χ3v) is 4.48. The van der Waals surface area contributed by atoms with Gasteiger partial charge in [-0.25, -0.2) is 4.79 Å². The van der Waals surface area contributed by atoms with Gasteiger partial charge in [0.15, 0.2) is 0 Å². The van der Waals surface area contributed by atoms with Gasteiger partial charge in [0.1, 0.15) is 0 Å². The van der Waals surface area contributed by atoms with Gasteiger partial charge in [-0.2, -0.15) is 0 Å². The Morgan fingerprint density at radius 3 is 2.59 bits per heavy atom. The van der Waals surface area contributed by atoms with E-state index in [2.05, 4.69) is 4.98 Å². The number of carbonyl (C=O) groups is 1. The number of H-pyrrole nitrogens is 1. The van der Waals surface area contributed by atoms with E-state index < -0.39 is 5.91 Å². The lowest BCUT2D eigenvalue weighted by Crippen LogP contribution is -2.15. The van der Waals surface area contributed by atoms with Crippen LogP contribution in [0.4, 0.5) is 0 Å². The van der Waals surface area contributed by atoms with Crippen LogP contribution in [0.25, 0.3) is 5.69 Å². The molecule has 1 amide bonds. The first-order chi connectivity index (χ1) is 10.6. The van der Waals surface area contributed by atoms with Gasteiger partial charge in [-0.15, -0.1) is 0 Å². The van der Waals surface area contributed by atoms with Crippen molar-refractivity contribution >= 4 is 5.91 Å². The summed E-state index contributed by atoms with van der Waals surface area (Å²) >= 11 is 0. The zero-order valence-corrected chi connectivity index (χ0v) is 12.5. The van der Waals surface area contributed by atoms with Crippen LogP contribution in [0, 0.1) is 5.92 Å². The maximum atomic E-state index is 12.0. The van der Waals surface area contributed by atoms with Crippen LogP contribution >= 0.6 is 0 Å². The molecule has 3 rings (SSSR count). The number of hydrogen-bond donors (Lipinski definition) is 2. The highest BCUT2D eigenvalue weighted by molar-refractivity contribution is 5.92. The molecule has 1 heterocycles. The molecule has 1 fully saturated rings. The monoisotopic (exact) mass is 299 g/mol. The molecular formula is C17H21N3O2. The standard InChI is InChI=1S/C17H21N3O2/c18-16(21)13-7-9-15(10-8-13)20-11-14(19-17(20)22)6-2-5-12-3-1-4-12/h7-12H,1-6H2,(H2,18,21)(H,19,22). The lowest BCUT2D eigenvalue weighted by Gasteiger charge is -2.24. The Bertz CT molecular complexity index is 708. The molecule has 0 atom stereocenters. The second-order valence-electron chi connectivity index (χ2n) is 6.05. The number of hydrogen-bond acceptors (Lipinski definition) is 2. The fourth-order valence-electron chi connectivity index (χ4n) is 2.91. The molecule has 0 bridgehead atoms. The summed E-state index contributed by atoms with van der Waals surface area (Å²) in [7, 11) is 0. The fourth-order valence-corrected chi connectivity index (χ4v) is 2.91. The van der Waals surface area contributed by atoms with Crippen LogP contribution in [0.15, 0.2) is 35.3 Å². The Kier molecular flexibility index (Phi) is 4.13. The maximum absolute atomic E-state index is 12.0. The zero-order valence-electron chi connectivity index (χ0n) is 12.5. The smallest absolute Gasteiger partial charge is 0.330 e. The van der Waals surface area contributed by atoms with Crippen LogP contribution in [0.5, 0.6) is 0 Å². The predicted octanol–water partition coefficient (Wildman–Crippen LogP) is 2.39. The number of imidazole rings is 1. The van der Waals surface area contributed by atoms with E-state index in [-0.39, 0.29) is 5.69 Å². The van der Waals surface area contributed by atoms with E-state index in [0.717, 1.165) is 30.1 Å². The van der Waals surface area contributed by atoms with E-state index in [4.69, 9.17) is 5.73 Å². The van der Waals surface area contributed by atoms with E-state index in [1.807, 2.05) is 6.20 Å². The average molecular weight is 299 g/mol. The number of primary amides is 1. The van der Waals surface area contributed by atoms with Crippen molar-refractivity contribution in [3.8, 4) is 5.69 Å². The topological polar surface area (TPSA) is 80.9 Å². The van der Waals surface area contributed by atoms with Crippen LogP contribution in [0.3, 0.4) is 0 Å². The molecule has 3 N–H and O–H groups in total. The van der Waals surface area contributed by atoms with Gasteiger partial charge < -0.3 is 10.7 Å². The molecule has 0 aliphatic heterocycles. The predicted molar refractivity (Wildman–Crippen MR) is 85.2 cm³/mol. The van der Waals surface area contributed by atoms with Gasteiger partial charge in [-0.1, -0.05) is 25.7 Å². The van der Waals surface area contributed by atoms with Crippen molar-refractivity contribution in [2.75, 3.05) is 0 Å². The number of aryl methyl sites for hydroxylation is 1. The summed E-state index contributed by atoms with van der Waals surface area (Å²) in [5.41, 5.74) is 7.20. The summed E-state index contributed by atoms with van der Waals surface area (Å²) in [5.74, 6) is 0.430. The summed E-state index contributed by atoms with van der Waals surface area (Å²) in [6.07, 6.45) is 9.22. The number of benzene rings is 1. The summed E-state index contributed by atoms with van der Waals surface area (Å²) in [5, 5.41) is 0. The van der Waals surface area contributed by atoms with E-state index in [1.165, 1.54) is 25.7 Å². The molecule has 1 aliphatic carbocycles. The largest absolute Gasteiger partial charge is 0.366 e. The van der Waals surface area contributed by atoms with Crippen LogP contribution in [-0.4, -0.2) is 15.5 Å². The molecule has 22 heavy (non-hydrogen) atoms. The number of rotatable bonds is 6. The fraction of sp³-hybridized carbons (Fsp3) is 0.412. The molecule has 0 radical (unpaired) electrons. The number of nitrogens with zero attached hydrogens (tertiary/aromatic N) is 1. The van der Waals surface area contributed by atoms with Gasteiger partial charge in [0.05, 0.1) is 5.69 Å². The minimum atomic E-state index is -0.468. The SMILES string of the molecule is NC(=O)c1ccc(-n2cc(CCCC3CCC3)[nH]c2=O)cc1. The molecule has 1 aromatic heterocycles. The van der Waals surface area contributed by atoms with Gasteiger partial charge >= 0.3 is 5.69 Å². The molecule has 5 heteroatoms. The number of aromatic amines is 1. The highest BCUT2D eigenvalue weighted by Crippen LogP contribution is 2.30. The highest BCUT2D eigenvalue weighted by Gasteiger charge is 2.16. The Morgan fingerprint density at radius 1 is 1.27 bits per heavy atom. The number of nitrogens with two attached hydrogens (primary N) is 1. The van der Waals surface area contributed by atoms with Crippen LogP contribution < -0.4 is 11.4 Å². The van der Waals surface area contributed by atoms with Gasteiger partial charge in [0.25, 0.3) is 0 Å². The molecule has 0 spiro atoms. The Hall–Kier alpha value is -2.30. The molecule has 0 unspecified atom stereocenters. The third-order valence-electron chi connectivity index (χ3n) is 4.48. The number of carbonyl (C=O) groups excluding carboxylic acids is 1. The van der Waals surface area contributed by atoms with Gasteiger partial charge in [0.2, 0.25) is 5.91 Å². The first-order valence-corrected chi connectivity index (χ1v) is 7.84. The minimum absolute atomic E-state index is 0.148. The maximum Gasteiger partial charge on any atom is 0.330 e. The summed E-state index contributed by atoms with van der Waals surface area (Å²) in [4.78, 5) is 26.0. The van der Waals surface area contributed by atoms with Crippen molar-refractivity contribution in [3.63, 3.8) is 0 Å². The van der Waals surface area contributed by atoms with Crippen LogP contribution in [0.2, 0.25) is 0 Å². The second-order valence-corrected chi connectivity index (χ2v) is 6.05. The Balaban J connectivity index is 1.68. The quantitative estimate of drug-likeness (QED) is 0.858. The second kappa shape index (κ2) is 6.22. The molecule has 0 saturated heterocycles. The molecule has 116 valence electrons. The van der Waals surface area contributed by atoms with Crippen molar-refractivity contribution in [1.82, 2.24) is 9.55 Å². The van der Waals surface area contributed by atoms with Gasteiger partial charge in [0, 0.05) is 17.5 Å². The summed E-state index contributed by atoms with van der Waals surface area (Å²) in [6.45, 7) is 0. The molecule has 1 aromatic carbocycles. The highest BCUT2D eigenvalue weighted by atomic mass is 16.1. The Morgan fingerprint density at radius 2 is 2.00 bits per heavy atom. The molecule has 1 saturated carbocycles. The van der Waals surface area contributed by atoms with Crippen molar-refractivity contribution in [3.05, 3.63) is 52.2 Å². The van der Waals surface area contributed by atoms with Crippen molar-refractivity contribution in [1.29, 1.82) is 0 Å². The molecular weight excluding hydrogens is 278 g/mol. The number of nitrogens with one attached hydrogen (secondary N) is 1. The molecule has 1 aliphatic rings. The first-order valence-electron chi connectivity index (χ1n) is 7.84. The number of aromatic nitrogens is 2. The van der Waals surface area contributed by atoms with Crippen molar-refractivity contribution < 1.29 is 4.79 Å². The van der Waals surface area contributed by atoms with E-state index in [9.17, 15) is 9.59 Å². The summed E-state index contributed by atoms with van der Waals surface area (Å²) < 4.78 is 1.57. The van der Waals surface area contributed by atoms with E-state index >= 15 is 0 Å². The number of amides is 1. The van der Waals surface area contributed by atoms with Crippen molar-refractivity contribution in [2.24, 2.45) is 11.7 Å². The lowest BCUT2D eigenvalue weighted by atomic mass is 9.82. The van der Waals surface area contributed by atoms with Crippen LogP contribution in [0.1, 0.15) is 48.2 Å².